The Morgan fingerprint density at radius 3 is 2.96 bits per heavy atom. The highest BCUT2D eigenvalue weighted by atomic mass is 16.5. The molecule has 0 saturated carbocycles. The fraction of sp³-hybridized carbons (Fsp3) is 0.421. The molecule has 2 aromatic rings. The van der Waals surface area contributed by atoms with Crippen molar-refractivity contribution < 1.29 is 14.3 Å². The fourth-order valence-electron chi connectivity index (χ4n) is 3.68. The van der Waals surface area contributed by atoms with Gasteiger partial charge in [-0.25, -0.2) is 0 Å². The van der Waals surface area contributed by atoms with Gasteiger partial charge in [-0.15, -0.1) is 0 Å². The number of aromatic nitrogens is 2. The summed E-state index contributed by atoms with van der Waals surface area (Å²) in [6.07, 6.45) is 3.32. The molecule has 130 valence electrons. The molecule has 1 saturated heterocycles. The smallest absolute Gasteiger partial charge is 0.224 e. The Hall–Kier alpha value is -2.63. The van der Waals surface area contributed by atoms with E-state index in [0.29, 0.717) is 50.2 Å². The minimum absolute atomic E-state index is 0.0833. The Morgan fingerprint density at radius 2 is 2.16 bits per heavy atom. The standard InChI is InChI=1S/C19H21N3O3/c1-14-6-9-22(20-14)10-7-18(24)21-11-8-19(13-21)12-16(23)15-4-2-3-5-17(15)25-19/h2-6,9H,7-8,10-13H2,1H3. The predicted octanol–water partition coefficient (Wildman–Crippen LogP) is 2.22. The van der Waals surface area contributed by atoms with Gasteiger partial charge in [-0.05, 0) is 25.1 Å². The van der Waals surface area contributed by atoms with Crippen molar-refractivity contribution in [1.29, 1.82) is 0 Å². The molecule has 1 amide bonds. The largest absolute Gasteiger partial charge is 0.484 e. The maximum absolute atomic E-state index is 12.5. The van der Waals surface area contributed by atoms with Gasteiger partial charge in [-0.2, -0.15) is 5.10 Å². The van der Waals surface area contributed by atoms with Gasteiger partial charge in [0, 0.05) is 32.1 Å². The maximum atomic E-state index is 12.5. The molecule has 1 spiro atoms. The van der Waals surface area contributed by atoms with Crippen molar-refractivity contribution in [1.82, 2.24) is 14.7 Å². The van der Waals surface area contributed by atoms with Gasteiger partial charge >= 0.3 is 0 Å². The first-order chi connectivity index (χ1) is 12.0. The molecule has 0 aliphatic carbocycles. The lowest BCUT2D eigenvalue weighted by Crippen LogP contribution is -2.45. The summed E-state index contributed by atoms with van der Waals surface area (Å²) in [7, 11) is 0. The Kier molecular flexibility index (Phi) is 3.82. The summed E-state index contributed by atoms with van der Waals surface area (Å²) in [5.74, 6) is 0.822. The van der Waals surface area contributed by atoms with Crippen molar-refractivity contribution >= 4 is 11.7 Å². The molecule has 3 heterocycles. The molecule has 2 aliphatic rings. The Morgan fingerprint density at radius 1 is 1.32 bits per heavy atom. The minimum atomic E-state index is -0.566. The second-order valence-electron chi connectivity index (χ2n) is 6.92. The van der Waals surface area contributed by atoms with Crippen molar-refractivity contribution in [2.75, 3.05) is 13.1 Å². The maximum Gasteiger partial charge on any atom is 0.224 e. The van der Waals surface area contributed by atoms with Crippen LogP contribution >= 0.6 is 0 Å². The number of ketones is 1. The third-order valence-corrected chi connectivity index (χ3v) is 4.99. The van der Waals surface area contributed by atoms with Crippen molar-refractivity contribution in [3.8, 4) is 5.75 Å². The number of aryl methyl sites for hydroxylation is 2. The van der Waals surface area contributed by atoms with Crippen LogP contribution in [0.25, 0.3) is 0 Å². The van der Waals surface area contributed by atoms with E-state index in [9.17, 15) is 9.59 Å². The van der Waals surface area contributed by atoms with Crippen LogP contribution in [0.4, 0.5) is 0 Å². The lowest BCUT2D eigenvalue weighted by Gasteiger charge is -2.34. The van der Waals surface area contributed by atoms with E-state index in [1.807, 2.05) is 42.3 Å². The summed E-state index contributed by atoms with van der Waals surface area (Å²) in [5.41, 5.74) is 1.02. The average Bonchev–Trinajstić information content (AvgIpc) is 3.19. The molecule has 0 radical (unpaired) electrons. The number of carbonyl (C=O) groups is 2. The van der Waals surface area contributed by atoms with E-state index in [1.54, 1.807) is 10.7 Å². The van der Waals surface area contributed by atoms with E-state index in [2.05, 4.69) is 5.10 Å². The molecule has 6 nitrogen and oxygen atoms in total. The molecular weight excluding hydrogens is 318 g/mol. The summed E-state index contributed by atoms with van der Waals surface area (Å²) in [6, 6.07) is 9.27. The topological polar surface area (TPSA) is 64.4 Å². The SMILES string of the molecule is Cc1ccn(CCC(=O)N2CCC3(CC(=O)c4ccccc4O3)C2)n1. The van der Waals surface area contributed by atoms with Crippen LogP contribution < -0.4 is 4.74 Å². The van der Waals surface area contributed by atoms with Gasteiger partial charge in [-0.3, -0.25) is 14.3 Å². The van der Waals surface area contributed by atoms with Crippen LogP contribution in [0.1, 0.15) is 35.3 Å². The number of benzene rings is 1. The van der Waals surface area contributed by atoms with Gasteiger partial charge < -0.3 is 9.64 Å². The highest BCUT2D eigenvalue weighted by Crippen LogP contribution is 2.38. The number of amides is 1. The second-order valence-corrected chi connectivity index (χ2v) is 6.92. The molecule has 1 aromatic heterocycles. The predicted molar refractivity (Wildman–Crippen MR) is 91.5 cm³/mol. The molecule has 4 rings (SSSR count). The number of nitrogens with zero attached hydrogens (tertiary/aromatic N) is 3. The highest BCUT2D eigenvalue weighted by molar-refractivity contribution is 6.00. The summed E-state index contributed by atoms with van der Waals surface area (Å²) in [4.78, 5) is 26.8. The number of carbonyl (C=O) groups excluding carboxylic acids is 2. The van der Waals surface area contributed by atoms with Gasteiger partial charge in [-0.1, -0.05) is 12.1 Å². The van der Waals surface area contributed by atoms with E-state index < -0.39 is 5.60 Å². The summed E-state index contributed by atoms with van der Waals surface area (Å²) in [6.45, 7) is 3.60. The number of hydrogen-bond acceptors (Lipinski definition) is 4. The number of likely N-dealkylation sites (tertiary alicyclic amines) is 1. The van der Waals surface area contributed by atoms with Crippen LogP contribution in [0.15, 0.2) is 36.5 Å². The normalized spacial score (nSPS) is 22.1. The number of para-hydroxylation sites is 1. The minimum Gasteiger partial charge on any atom is -0.484 e. The molecule has 0 N–H and O–H groups in total. The number of fused-ring (bicyclic) bond motifs is 1. The molecular formula is C19H21N3O3. The average molecular weight is 339 g/mol. The summed E-state index contributed by atoms with van der Waals surface area (Å²) < 4.78 is 7.95. The molecule has 6 heteroatoms. The van der Waals surface area contributed by atoms with Crippen LogP contribution in [0.3, 0.4) is 0 Å². The molecule has 1 atom stereocenters. The van der Waals surface area contributed by atoms with Crippen molar-refractivity contribution in [2.24, 2.45) is 0 Å². The number of rotatable bonds is 3. The Labute approximate surface area is 146 Å². The third kappa shape index (κ3) is 3.04. The van der Waals surface area contributed by atoms with Gasteiger partial charge in [0.1, 0.15) is 11.4 Å². The zero-order chi connectivity index (χ0) is 17.4. The summed E-state index contributed by atoms with van der Waals surface area (Å²) >= 11 is 0. The van der Waals surface area contributed by atoms with Gasteiger partial charge in [0.15, 0.2) is 5.78 Å². The van der Waals surface area contributed by atoms with E-state index in [4.69, 9.17) is 4.74 Å². The lowest BCUT2D eigenvalue weighted by atomic mass is 9.89. The van der Waals surface area contributed by atoms with E-state index in [0.717, 1.165) is 5.69 Å². The number of hydrogen-bond donors (Lipinski definition) is 0. The zero-order valence-corrected chi connectivity index (χ0v) is 14.3. The number of ether oxygens (including phenoxy) is 1. The first-order valence-electron chi connectivity index (χ1n) is 8.64. The molecule has 1 fully saturated rings. The number of Topliss-reactive ketones (excluding diaryl/α,β-unsaturated/α-hetero) is 1. The van der Waals surface area contributed by atoms with Crippen LogP contribution in [0.5, 0.6) is 5.75 Å². The first-order valence-corrected chi connectivity index (χ1v) is 8.64. The van der Waals surface area contributed by atoms with Gasteiger partial charge in [0.25, 0.3) is 0 Å². The van der Waals surface area contributed by atoms with Gasteiger partial charge in [0.05, 0.1) is 24.2 Å². The van der Waals surface area contributed by atoms with Crippen LogP contribution in [-0.4, -0.2) is 45.1 Å². The lowest BCUT2D eigenvalue weighted by molar-refractivity contribution is -0.131. The highest BCUT2D eigenvalue weighted by Gasteiger charge is 2.46. The van der Waals surface area contributed by atoms with E-state index >= 15 is 0 Å². The second kappa shape index (κ2) is 6.02. The van der Waals surface area contributed by atoms with E-state index in [-0.39, 0.29) is 11.7 Å². The Bertz CT molecular complexity index is 829. The first kappa shape index (κ1) is 15.9. The molecule has 1 unspecified atom stereocenters. The molecule has 2 aliphatic heterocycles. The molecule has 1 aromatic carbocycles. The van der Waals surface area contributed by atoms with Crippen molar-refractivity contribution in [3.63, 3.8) is 0 Å². The fourth-order valence-corrected chi connectivity index (χ4v) is 3.68. The van der Waals surface area contributed by atoms with Crippen molar-refractivity contribution in [3.05, 3.63) is 47.8 Å². The van der Waals surface area contributed by atoms with Gasteiger partial charge in [0.2, 0.25) is 5.91 Å². The van der Waals surface area contributed by atoms with Crippen LogP contribution in [-0.2, 0) is 11.3 Å². The molecule has 25 heavy (non-hydrogen) atoms. The van der Waals surface area contributed by atoms with Crippen molar-refractivity contribution in [2.45, 2.75) is 38.3 Å². The monoisotopic (exact) mass is 339 g/mol. The summed E-state index contributed by atoms with van der Waals surface area (Å²) in [5, 5.41) is 4.30. The van der Waals surface area contributed by atoms with Crippen LogP contribution in [0.2, 0.25) is 0 Å². The van der Waals surface area contributed by atoms with Crippen LogP contribution in [0, 0.1) is 6.92 Å². The molecule has 0 bridgehead atoms. The zero-order valence-electron chi connectivity index (χ0n) is 14.3. The quantitative estimate of drug-likeness (QED) is 0.860. The third-order valence-electron chi connectivity index (χ3n) is 4.99. The van der Waals surface area contributed by atoms with E-state index in [1.165, 1.54) is 0 Å². The Balaban J connectivity index is 1.41.